The van der Waals surface area contributed by atoms with Crippen molar-refractivity contribution in [3.8, 4) is 0 Å². The van der Waals surface area contributed by atoms with Gasteiger partial charge in [0.1, 0.15) is 24.4 Å². The zero-order valence-corrected chi connectivity index (χ0v) is 43.7. The molecule has 0 spiro atoms. The average molecular weight is 974 g/mol. The molecule has 1 saturated heterocycles. The number of rotatable bonds is 44. The minimum Gasteiger partial charge on any atom is -0.394 e. The third-order valence-corrected chi connectivity index (χ3v) is 12.0. The highest BCUT2D eigenvalue weighted by molar-refractivity contribution is 5.76. The topological polar surface area (TPSA) is 149 Å². The Labute approximate surface area is 426 Å². The van der Waals surface area contributed by atoms with E-state index in [1.54, 1.807) is 6.08 Å². The Kier molecular flexibility index (Phi) is 45.0. The first-order chi connectivity index (χ1) is 34.3. The molecule has 1 amide bonds. The van der Waals surface area contributed by atoms with Gasteiger partial charge in [-0.05, 0) is 96.3 Å². The van der Waals surface area contributed by atoms with E-state index in [2.05, 4.69) is 141 Å². The van der Waals surface area contributed by atoms with Crippen LogP contribution in [0.3, 0.4) is 0 Å². The molecule has 1 aliphatic rings. The highest BCUT2D eigenvalue weighted by Crippen LogP contribution is 2.22. The number of unbranched alkanes of at least 4 members (excludes halogenated alkanes) is 14. The van der Waals surface area contributed by atoms with Gasteiger partial charge in [-0.2, -0.15) is 0 Å². The van der Waals surface area contributed by atoms with Gasteiger partial charge in [0, 0.05) is 6.42 Å². The maximum Gasteiger partial charge on any atom is 0.220 e. The Morgan fingerprint density at radius 3 is 1.37 bits per heavy atom. The average Bonchev–Trinajstić information content (AvgIpc) is 3.36. The van der Waals surface area contributed by atoms with Gasteiger partial charge in [-0.3, -0.25) is 4.79 Å². The third-order valence-electron chi connectivity index (χ3n) is 12.0. The second kappa shape index (κ2) is 48.9. The fourth-order valence-corrected chi connectivity index (χ4v) is 7.62. The van der Waals surface area contributed by atoms with Gasteiger partial charge in [-0.25, -0.2) is 0 Å². The second-order valence-corrected chi connectivity index (χ2v) is 18.3. The summed E-state index contributed by atoms with van der Waals surface area (Å²) in [4.78, 5) is 12.9. The zero-order valence-electron chi connectivity index (χ0n) is 43.7. The number of amides is 1. The Morgan fingerprint density at radius 2 is 0.900 bits per heavy atom. The van der Waals surface area contributed by atoms with Crippen LogP contribution in [0.25, 0.3) is 0 Å². The predicted octanol–water partition coefficient (Wildman–Crippen LogP) is 13.3. The number of aliphatic hydroxyl groups is 5. The van der Waals surface area contributed by atoms with E-state index in [0.717, 1.165) is 122 Å². The third kappa shape index (κ3) is 38.1. The van der Waals surface area contributed by atoms with E-state index in [-0.39, 0.29) is 12.5 Å². The van der Waals surface area contributed by atoms with Gasteiger partial charge in [-0.1, -0.05) is 218 Å². The van der Waals surface area contributed by atoms with E-state index in [9.17, 15) is 30.3 Å². The van der Waals surface area contributed by atoms with E-state index >= 15 is 0 Å². The molecule has 1 aliphatic heterocycles. The molecule has 0 aromatic heterocycles. The number of carbonyl (C=O) groups excluding carboxylic acids is 1. The predicted molar refractivity (Wildman–Crippen MR) is 294 cm³/mol. The maximum absolute atomic E-state index is 12.9. The van der Waals surface area contributed by atoms with Crippen molar-refractivity contribution in [2.75, 3.05) is 13.2 Å². The number of hydrogen-bond donors (Lipinski definition) is 6. The lowest BCUT2D eigenvalue weighted by atomic mass is 9.99. The van der Waals surface area contributed by atoms with Crippen LogP contribution in [0.4, 0.5) is 0 Å². The Bertz CT molecular complexity index is 1550. The van der Waals surface area contributed by atoms with Crippen LogP contribution in [0, 0.1) is 0 Å². The highest BCUT2D eigenvalue weighted by atomic mass is 16.7. The summed E-state index contributed by atoms with van der Waals surface area (Å²) in [6.07, 6.45) is 68.3. The van der Waals surface area contributed by atoms with E-state index in [1.807, 2.05) is 6.08 Å². The molecule has 0 aromatic carbocycles. The first-order valence-corrected chi connectivity index (χ1v) is 27.4. The number of nitrogens with one attached hydrogen (secondary N) is 1. The summed E-state index contributed by atoms with van der Waals surface area (Å²) in [6, 6.07) is -0.829. The summed E-state index contributed by atoms with van der Waals surface area (Å²) < 4.78 is 11.2. The smallest absolute Gasteiger partial charge is 0.220 e. The summed E-state index contributed by atoms with van der Waals surface area (Å²) in [5, 5.41) is 54.0. The molecule has 0 saturated carbocycles. The van der Waals surface area contributed by atoms with Gasteiger partial charge in [0.2, 0.25) is 5.91 Å². The van der Waals surface area contributed by atoms with Crippen LogP contribution in [-0.2, 0) is 14.3 Å². The molecule has 1 fully saturated rings. The molecule has 9 heteroatoms. The quantitative estimate of drug-likeness (QED) is 0.0261. The maximum atomic E-state index is 12.9. The van der Waals surface area contributed by atoms with Crippen LogP contribution in [0.5, 0.6) is 0 Å². The first kappa shape index (κ1) is 64.3. The van der Waals surface area contributed by atoms with E-state index in [1.165, 1.54) is 44.9 Å². The van der Waals surface area contributed by atoms with Gasteiger partial charge in [-0.15, -0.1) is 0 Å². The lowest BCUT2D eigenvalue weighted by Crippen LogP contribution is -2.60. The minimum absolute atomic E-state index is 0.201. The lowest BCUT2D eigenvalue weighted by molar-refractivity contribution is -0.302. The van der Waals surface area contributed by atoms with Crippen molar-refractivity contribution in [1.82, 2.24) is 5.32 Å². The molecule has 0 radical (unpaired) electrons. The SMILES string of the molecule is CC/C=C\C/C=C\C/C=C\C/C=C\C/C=C\C/C=C\C/C=C\C/C=C\C/C=C\CCCCCCCCCCCCCC(=O)NC(COC1OC(CO)C(O)C(O)C1O)C(O)/C=C/CC/C=C/CCCC. The van der Waals surface area contributed by atoms with Crippen molar-refractivity contribution in [2.45, 2.75) is 230 Å². The molecule has 7 atom stereocenters. The molecule has 396 valence electrons. The molecule has 0 bridgehead atoms. The minimum atomic E-state index is -1.58. The van der Waals surface area contributed by atoms with E-state index in [4.69, 9.17) is 9.47 Å². The molecular weight excluding hydrogens is 875 g/mol. The highest BCUT2D eigenvalue weighted by Gasteiger charge is 2.44. The number of aliphatic hydroxyl groups excluding tert-OH is 5. The molecular formula is C61H99NO8. The number of ether oxygens (including phenoxy) is 2. The van der Waals surface area contributed by atoms with Crippen molar-refractivity contribution >= 4 is 5.91 Å². The Hall–Kier alpha value is -3.67. The summed E-state index contributed by atoms with van der Waals surface area (Å²) >= 11 is 0. The van der Waals surface area contributed by atoms with Crippen molar-refractivity contribution in [1.29, 1.82) is 0 Å². The normalized spacial score (nSPS) is 20.5. The molecule has 1 heterocycles. The molecule has 7 unspecified atom stereocenters. The van der Waals surface area contributed by atoms with Crippen LogP contribution in [0.2, 0.25) is 0 Å². The van der Waals surface area contributed by atoms with Crippen LogP contribution >= 0.6 is 0 Å². The molecule has 9 nitrogen and oxygen atoms in total. The second-order valence-electron chi connectivity index (χ2n) is 18.3. The largest absolute Gasteiger partial charge is 0.394 e. The fraction of sp³-hybridized carbons (Fsp3) is 0.623. The zero-order chi connectivity index (χ0) is 50.8. The standard InChI is InChI=1S/C61H99NO8/c1-3-5-7-9-11-13-14-15-16-17-18-19-20-21-22-23-24-25-26-27-28-29-30-31-32-33-34-35-36-37-38-39-40-41-42-43-45-47-49-51-57(65)62-54(55(64)50-48-46-44-12-10-8-6-4-2)53-69-61-60(68)59(67)58(66)56(52-63)70-61/h5,7,10-13,15-16,18-19,21-22,24-25,27-28,30-31,33-34,48,50,54-56,58-61,63-64,66-68H,3-4,6,8-9,14,17,20,23,26,29,32,35-47,49,51-53H2,1-2H3,(H,62,65)/b7-5-,12-10+,13-11-,16-15-,19-18-,22-21-,25-24-,28-27-,31-30-,34-33-,50-48+. The number of allylic oxidation sites excluding steroid dienone is 21. The van der Waals surface area contributed by atoms with E-state index < -0.39 is 49.5 Å². The van der Waals surface area contributed by atoms with Gasteiger partial charge >= 0.3 is 0 Å². The first-order valence-electron chi connectivity index (χ1n) is 27.4. The summed E-state index contributed by atoms with van der Waals surface area (Å²) in [7, 11) is 0. The van der Waals surface area contributed by atoms with E-state index in [0.29, 0.717) is 6.42 Å². The Balaban J connectivity index is 2.10. The van der Waals surface area contributed by atoms with Gasteiger partial charge < -0.3 is 40.3 Å². The molecule has 0 aromatic rings. The molecule has 0 aliphatic carbocycles. The summed E-state index contributed by atoms with van der Waals surface area (Å²) in [5.41, 5.74) is 0. The van der Waals surface area contributed by atoms with Crippen LogP contribution < -0.4 is 5.32 Å². The van der Waals surface area contributed by atoms with Crippen molar-refractivity contribution in [2.24, 2.45) is 0 Å². The fourth-order valence-electron chi connectivity index (χ4n) is 7.62. The monoisotopic (exact) mass is 974 g/mol. The number of hydrogen-bond acceptors (Lipinski definition) is 8. The van der Waals surface area contributed by atoms with Gasteiger partial charge in [0.25, 0.3) is 0 Å². The number of carbonyl (C=O) groups is 1. The van der Waals surface area contributed by atoms with Crippen LogP contribution in [0.15, 0.2) is 134 Å². The van der Waals surface area contributed by atoms with Gasteiger partial charge in [0.15, 0.2) is 6.29 Å². The molecule has 1 rings (SSSR count). The van der Waals surface area contributed by atoms with Crippen molar-refractivity contribution < 1.29 is 39.8 Å². The summed E-state index contributed by atoms with van der Waals surface area (Å²) in [6.45, 7) is 3.54. The van der Waals surface area contributed by atoms with Crippen LogP contribution in [0.1, 0.15) is 187 Å². The van der Waals surface area contributed by atoms with Crippen molar-refractivity contribution in [3.05, 3.63) is 134 Å². The Morgan fingerprint density at radius 1 is 0.500 bits per heavy atom. The molecule has 6 N–H and O–H groups in total. The summed E-state index contributed by atoms with van der Waals surface area (Å²) in [5.74, 6) is -0.201. The van der Waals surface area contributed by atoms with Gasteiger partial charge in [0.05, 0.1) is 25.4 Å². The van der Waals surface area contributed by atoms with Crippen LogP contribution in [-0.4, -0.2) is 87.5 Å². The lowest BCUT2D eigenvalue weighted by Gasteiger charge is -2.40. The van der Waals surface area contributed by atoms with Crippen molar-refractivity contribution in [3.63, 3.8) is 0 Å². The molecule has 70 heavy (non-hydrogen) atoms.